The summed E-state index contributed by atoms with van der Waals surface area (Å²) in [5, 5.41) is 0. The molecule has 1 heterocycles. The summed E-state index contributed by atoms with van der Waals surface area (Å²) >= 11 is 1.91. The Morgan fingerprint density at radius 2 is 2.18 bits per heavy atom. The third kappa shape index (κ3) is 2.79. The second-order valence-corrected chi connectivity index (χ2v) is 6.72. The summed E-state index contributed by atoms with van der Waals surface area (Å²) in [5.74, 6) is 1.99. The van der Waals surface area contributed by atoms with Crippen LogP contribution in [0.25, 0.3) is 0 Å². The molecule has 1 fully saturated rings. The molecular formula is C13H25NO2S. The van der Waals surface area contributed by atoms with Crippen molar-refractivity contribution in [3.05, 3.63) is 0 Å². The van der Waals surface area contributed by atoms with Crippen LogP contribution in [0.15, 0.2) is 0 Å². The van der Waals surface area contributed by atoms with Gasteiger partial charge < -0.3 is 10.5 Å². The van der Waals surface area contributed by atoms with Crippen molar-refractivity contribution >= 4 is 17.7 Å². The Balaban J connectivity index is 3.02. The maximum Gasteiger partial charge on any atom is 0.306 e. The maximum atomic E-state index is 11.7. The van der Waals surface area contributed by atoms with Gasteiger partial charge in [0.15, 0.2) is 0 Å². The van der Waals surface area contributed by atoms with E-state index in [9.17, 15) is 4.79 Å². The zero-order valence-electron chi connectivity index (χ0n) is 11.4. The molecule has 2 atom stereocenters. The summed E-state index contributed by atoms with van der Waals surface area (Å²) in [6.07, 6.45) is 2.46. The van der Waals surface area contributed by atoms with Crippen LogP contribution >= 0.6 is 11.8 Å². The average molecular weight is 259 g/mol. The summed E-state index contributed by atoms with van der Waals surface area (Å²) < 4.78 is 4.86. The third-order valence-electron chi connectivity index (χ3n) is 4.42. The number of carbonyl (C=O) groups is 1. The topological polar surface area (TPSA) is 52.3 Å². The van der Waals surface area contributed by atoms with Gasteiger partial charge in [-0.15, -0.1) is 0 Å². The molecule has 2 unspecified atom stereocenters. The van der Waals surface area contributed by atoms with Gasteiger partial charge in [-0.3, -0.25) is 4.79 Å². The molecule has 0 aromatic heterocycles. The van der Waals surface area contributed by atoms with E-state index < -0.39 is 0 Å². The molecule has 0 aliphatic carbocycles. The van der Waals surface area contributed by atoms with E-state index in [2.05, 4.69) is 20.8 Å². The number of methoxy groups -OCH3 is 1. The first-order valence-electron chi connectivity index (χ1n) is 6.30. The van der Waals surface area contributed by atoms with E-state index in [-0.39, 0.29) is 22.8 Å². The molecule has 4 heteroatoms. The second-order valence-electron chi connectivity index (χ2n) is 5.61. The van der Waals surface area contributed by atoms with Gasteiger partial charge in [0.1, 0.15) is 0 Å². The fraction of sp³-hybridized carbons (Fsp3) is 0.923. The lowest BCUT2D eigenvalue weighted by Gasteiger charge is -2.52. The van der Waals surface area contributed by atoms with Crippen molar-refractivity contribution in [3.63, 3.8) is 0 Å². The third-order valence-corrected chi connectivity index (χ3v) is 5.63. The first-order valence-corrected chi connectivity index (χ1v) is 7.45. The van der Waals surface area contributed by atoms with E-state index in [4.69, 9.17) is 10.5 Å². The molecule has 1 rings (SSSR count). The molecule has 0 bridgehead atoms. The number of thioether (sulfide) groups is 1. The molecule has 0 amide bonds. The van der Waals surface area contributed by atoms with Gasteiger partial charge in [0.05, 0.1) is 13.5 Å². The lowest BCUT2D eigenvalue weighted by atomic mass is 9.59. The molecule has 0 aromatic rings. The Bertz CT molecular complexity index is 281. The van der Waals surface area contributed by atoms with E-state index in [0.29, 0.717) is 6.42 Å². The quantitative estimate of drug-likeness (QED) is 0.788. The molecule has 1 saturated heterocycles. The Morgan fingerprint density at radius 1 is 1.53 bits per heavy atom. The van der Waals surface area contributed by atoms with Crippen molar-refractivity contribution < 1.29 is 9.53 Å². The normalized spacial score (nSPS) is 29.7. The van der Waals surface area contributed by atoms with Crippen LogP contribution in [0.2, 0.25) is 0 Å². The van der Waals surface area contributed by atoms with Gasteiger partial charge in [-0.25, -0.2) is 0 Å². The van der Waals surface area contributed by atoms with Crippen LogP contribution in [0.1, 0.15) is 40.0 Å². The largest absolute Gasteiger partial charge is 0.469 e. The minimum Gasteiger partial charge on any atom is -0.469 e. The smallest absolute Gasteiger partial charge is 0.306 e. The molecule has 100 valence electrons. The van der Waals surface area contributed by atoms with Crippen LogP contribution in [0.3, 0.4) is 0 Å². The number of nitrogens with two attached hydrogens (primary N) is 1. The number of rotatable bonds is 4. The van der Waals surface area contributed by atoms with E-state index in [1.54, 1.807) is 0 Å². The zero-order valence-corrected chi connectivity index (χ0v) is 12.2. The SMILES string of the molecule is CCC(N)C1(CC(=O)OC)CSCCC1(C)C. The fourth-order valence-corrected chi connectivity index (χ4v) is 4.65. The van der Waals surface area contributed by atoms with Crippen molar-refractivity contribution in [2.45, 2.75) is 46.1 Å². The average Bonchev–Trinajstić information content (AvgIpc) is 2.30. The highest BCUT2D eigenvalue weighted by Crippen LogP contribution is 2.53. The van der Waals surface area contributed by atoms with E-state index in [1.807, 2.05) is 11.8 Å². The summed E-state index contributed by atoms with van der Waals surface area (Å²) in [5.41, 5.74) is 6.31. The van der Waals surface area contributed by atoms with Gasteiger partial charge in [0, 0.05) is 17.2 Å². The Hall–Kier alpha value is -0.220. The molecule has 0 aromatic carbocycles. The number of esters is 1. The van der Waals surface area contributed by atoms with Gasteiger partial charge in [-0.1, -0.05) is 20.8 Å². The molecule has 17 heavy (non-hydrogen) atoms. The highest BCUT2D eigenvalue weighted by Gasteiger charge is 2.51. The summed E-state index contributed by atoms with van der Waals surface area (Å²) in [6.45, 7) is 6.58. The standard InChI is InChI=1S/C13H25NO2S/c1-5-10(14)13(8-11(15)16-4)9-17-7-6-12(13,2)3/h10H,5-9,14H2,1-4H3. The van der Waals surface area contributed by atoms with Crippen molar-refractivity contribution in [3.8, 4) is 0 Å². The van der Waals surface area contributed by atoms with Crippen LogP contribution in [-0.4, -0.2) is 30.6 Å². The molecule has 0 radical (unpaired) electrons. The lowest BCUT2D eigenvalue weighted by Crippen LogP contribution is -2.56. The van der Waals surface area contributed by atoms with E-state index >= 15 is 0 Å². The predicted molar refractivity (Wildman–Crippen MR) is 73.1 cm³/mol. The monoisotopic (exact) mass is 259 g/mol. The first kappa shape index (κ1) is 14.8. The summed E-state index contributed by atoms with van der Waals surface area (Å²) in [4.78, 5) is 11.7. The minimum atomic E-state index is -0.135. The van der Waals surface area contributed by atoms with Gasteiger partial charge in [0.25, 0.3) is 0 Å². The van der Waals surface area contributed by atoms with E-state index in [1.165, 1.54) is 7.11 Å². The lowest BCUT2D eigenvalue weighted by molar-refractivity contribution is -0.146. The maximum absolute atomic E-state index is 11.7. The van der Waals surface area contributed by atoms with Crippen molar-refractivity contribution in [2.24, 2.45) is 16.6 Å². The zero-order chi connectivity index (χ0) is 13.1. The van der Waals surface area contributed by atoms with Gasteiger partial charge in [-0.2, -0.15) is 11.8 Å². The van der Waals surface area contributed by atoms with Crippen molar-refractivity contribution in [2.75, 3.05) is 18.6 Å². The Labute approximate surface area is 109 Å². The van der Waals surface area contributed by atoms with Crippen LogP contribution in [0, 0.1) is 10.8 Å². The number of carbonyl (C=O) groups excluding carboxylic acids is 1. The Morgan fingerprint density at radius 3 is 2.65 bits per heavy atom. The summed E-state index contributed by atoms with van der Waals surface area (Å²) in [7, 11) is 1.45. The van der Waals surface area contributed by atoms with Crippen LogP contribution in [-0.2, 0) is 9.53 Å². The minimum absolute atomic E-state index is 0.0596. The predicted octanol–water partition coefficient (Wildman–Crippen LogP) is 2.44. The van der Waals surface area contributed by atoms with E-state index in [0.717, 1.165) is 24.3 Å². The highest BCUT2D eigenvalue weighted by atomic mass is 32.2. The molecule has 2 N–H and O–H groups in total. The molecular weight excluding hydrogens is 234 g/mol. The van der Waals surface area contributed by atoms with Crippen LogP contribution in [0.4, 0.5) is 0 Å². The van der Waals surface area contributed by atoms with Gasteiger partial charge in [0.2, 0.25) is 0 Å². The molecule has 3 nitrogen and oxygen atoms in total. The molecule has 0 spiro atoms. The molecule has 1 aliphatic heterocycles. The molecule has 0 saturated carbocycles. The Kier molecular flexibility index (Phi) is 4.90. The summed E-state index contributed by atoms with van der Waals surface area (Å²) in [6, 6.07) is 0.0596. The van der Waals surface area contributed by atoms with Crippen LogP contribution in [0.5, 0.6) is 0 Å². The van der Waals surface area contributed by atoms with Crippen molar-refractivity contribution in [1.82, 2.24) is 0 Å². The second kappa shape index (κ2) is 5.61. The van der Waals surface area contributed by atoms with Crippen molar-refractivity contribution in [1.29, 1.82) is 0 Å². The number of ether oxygens (including phenoxy) is 1. The molecule has 1 aliphatic rings. The highest BCUT2D eigenvalue weighted by molar-refractivity contribution is 7.99. The van der Waals surface area contributed by atoms with Crippen LogP contribution < -0.4 is 5.73 Å². The van der Waals surface area contributed by atoms with Gasteiger partial charge >= 0.3 is 5.97 Å². The number of hydrogen-bond acceptors (Lipinski definition) is 4. The number of hydrogen-bond donors (Lipinski definition) is 1. The fourth-order valence-electron chi connectivity index (χ4n) is 2.78. The first-order chi connectivity index (χ1) is 7.89. The van der Waals surface area contributed by atoms with Gasteiger partial charge in [-0.05, 0) is 24.0 Å².